The first kappa shape index (κ1) is 33.4. The van der Waals surface area contributed by atoms with Crippen molar-refractivity contribution in [2.45, 2.75) is 44.0 Å². The van der Waals surface area contributed by atoms with Crippen molar-refractivity contribution in [2.75, 3.05) is 30.1 Å². The second-order valence-electron chi connectivity index (χ2n) is 9.38. The highest BCUT2D eigenvalue weighted by Gasteiger charge is 2.27. The second-order valence-corrected chi connectivity index (χ2v) is 17.5. The summed E-state index contributed by atoms with van der Waals surface area (Å²) in [7, 11) is -7.33. The van der Waals surface area contributed by atoms with E-state index >= 15 is 0 Å². The molecule has 0 unspecified atom stereocenters. The minimum absolute atomic E-state index is 0.121. The average molecular weight is 784 g/mol. The number of methoxy groups -OCH3 is 1. The molecule has 16 heteroatoms. The van der Waals surface area contributed by atoms with Crippen LogP contribution >= 0.6 is 57.0 Å². The molecule has 3 aromatic rings. The smallest absolute Gasteiger partial charge is 0.337 e. The summed E-state index contributed by atoms with van der Waals surface area (Å²) in [5.74, 6) is -1.37. The van der Waals surface area contributed by atoms with Crippen LogP contribution in [0.3, 0.4) is 0 Å². The monoisotopic (exact) mass is 783 g/mol. The van der Waals surface area contributed by atoms with Gasteiger partial charge in [-0.2, -0.15) is 4.57 Å². The Bertz CT molecular complexity index is 1760. The topological polar surface area (TPSA) is 148 Å². The SMILES string of the molecule is CCC(=Cc1sc2cc(I)sc2[n+]1CCCCS(=O)(=O)[O-])C=C1Sc2ccc(C(=O)OC)cc2N1CCCS(=O)(=O)[O-]. The fourth-order valence-corrected chi connectivity index (χ4v) is 10.0. The van der Waals surface area contributed by atoms with Gasteiger partial charge in [-0.15, -0.1) is 0 Å². The van der Waals surface area contributed by atoms with E-state index in [9.17, 15) is 30.7 Å². The molecule has 0 aliphatic carbocycles. The van der Waals surface area contributed by atoms with Crippen LogP contribution in [0.1, 0.15) is 48.0 Å². The van der Waals surface area contributed by atoms with Gasteiger partial charge in [0.1, 0.15) is 4.70 Å². The van der Waals surface area contributed by atoms with Crippen molar-refractivity contribution in [3.05, 3.63) is 54.4 Å². The van der Waals surface area contributed by atoms with Gasteiger partial charge in [-0.1, -0.05) is 41.4 Å². The van der Waals surface area contributed by atoms with Gasteiger partial charge in [-0.3, -0.25) is 0 Å². The van der Waals surface area contributed by atoms with Crippen molar-refractivity contribution in [1.82, 2.24) is 0 Å². The van der Waals surface area contributed by atoms with Crippen molar-refractivity contribution in [1.29, 1.82) is 0 Å². The van der Waals surface area contributed by atoms with E-state index < -0.39 is 32.0 Å². The number of aromatic nitrogens is 1. The van der Waals surface area contributed by atoms with Crippen molar-refractivity contribution < 1.29 is 40.0 Å². The van der Waals surface area contributed by atoms with Gasteiger partial charge in [-0.05, 0) is 77.8 Å². The van der Waals surface area contributed by atoms with E-state index in [-0.39, 0.29) is 25.1 Å². The molecule has 0 atom stereocenters. The minimum atomic E-state index is -4.38. The Hall–Kier alpha value is -1.54. The van der Waals surface area contributed by atoms with Gasteiger partial charge < -0.3 is 18.7 Å². The van der Waals surface area contributed by atoms with Crippen LogP contribution < -0.4 is 9.47 Å². The molecule has 2 aromatic heterocycles. The van der Waals surface area contributed by atoms with Crippen LogP contribution in [0.4, 0.5) is 5.69 Å². The van der Waals surface area contributed by atoms with E-state index in [1.54, 1.807) is 34.8 Å². The predicted octanol–water partition coefficient (Wildman–Crippen LogP) is 5.15. The second kappa shape index (κ2) is 14.0. The molecule has 3 heterocycles. The molecule has 1 aliphatic heterocycles. The molecule has 10 nitrogen and oxygen atoms in total. The van der Waals surface area contributed by atoms with Gasteiger partial charge in [-0.25, -0.2) is 21.6 Å². The third-order valence-electron chi connectivity index (χ3n) is 6.35. The van der Waals surface area contributed by atoms with Gasteiger partial charge in [0.15, 0.2) is 6.54 Å². The number of halogens is 1. The summed E-state index contributed by atoms with van der Waals surface area (Å²) >= 11 is 7.05. The van der Waals surface area contributed by atoms with E-state index in [2.05, 4.69) is 39.3 Å². The maximum atomic E-state index is 12.2. The first-order chi connectivity index (χ1) is 19.8. The summed E-state index contributed by atoms with van der Waals surface area (Å²) < 4.78 is 76.3. The van der Waals surface area contributed by atoms with Crippen LogP contribution in [0.25, 0.3) is 15.6 Å². The number of fused-ring (bicyclic) bond motifs is 2. The van der Waals surface area contributed by atoms with Gasteiger partial charge in [0.2, 0.25) is 0 Å². The van der Waals surface area contributed by atoms with Crippen LogP contribution in [-0.4, -0.2) is 57.1 Å². The Balaban J connectivity index is 1.68. The van der Waals surface area contributed by atoms with Crippen LogP contribution in [-0.2, 0) is 31.5 Å². The number of nitrogens with zero attached hydrogens (tertiary/aromatic N) is 2. The van der Waals surface area contributed by atoms with E-state index in [0.29, 0.717) is 24.9 Å². The molecule has 0 spiro atoms. The van der Waals surface area contributed by atoms with Crippen LogP contribution in [0.2, 0.25) is 0 Å². The molecule has 0 radical (unpaired) electrons. The third-order valence-corrected chi connectivity index (χ3v) is 12.2. The summed E-state index contributed by atoms with van der Waals surface area (Å²) in [5, 5.41) is 1.83. The summed E-state index contributed by atoms with van der Waals surface area (Å²) in [4.78, 5) is 16.1. The highest BCUT2D eigenvalue weighted by Crippen LogP contribution is 2.47. The van der Waals surface area contributed by atoms with Crippen LogP contribution in [0.5, 0.6) is 0 Å². The molecular formula is C26H28IN2O8S5-. The van der Waals surface area contributed by atoms with Crippen LogP contribution in [0.15, 0.2) is 45.8 Å². The normalized spacial score (nSPS) is 15.1. The number of ether oxygens (including phenoxy) is 1. The number of benzene rings is 1. The van der Waals surface area contributed by atoms with Gasteiger partial charge in [0, 0.05) is 35.4 Å². The highest BCUT2D eigenvalue weighted by atomic mass is 127. The lowest BCUT2D eigenvalue weighted by Gasteiger charge is -2.21. The number of allylic oxidation sites excluding steroid dienone is 2. The predicted molar refractivity (Wildman–Crippen MR) is 173 cm³/mol. The van der Waals surface area contributed by atoms with E-state index in [1.165, 1.54) is 18.9 Å². The fraction of sp³-hybridized carbons (Fsp3) is 0.385. The molecular weight excluding hydrogens is 756 g/mol. The molecule has 0 saturated carbocycles. The van der Waals surface area contributed by atoms with E-state index in [4.69, 9.17) is 4.74 Å². The zero-order chi connectivity index (χ0) is 30.7. The Morgan fingerprint density at radius 3 is 2.45 bits per heavy atom. The molecule has 0 N–H and O–H groups in total. The quantitative estimate of drug-likeness (QED) is 0.0750. The number of rotatable bonds is 13. The molecule has 0 fully saturated rings. The summed E-state index contributed by atoms with van der Waals surface area (Å²) in [6.07, 6.45) is 5.75. The number of thiophene rings is 1. The number of anilines is 1. The van der Waals surface area contributed by atoms with Gasteiger partial charge in [0.25, 0.3) is 9.84 Å². The van der Waals surface area contributed by atoms with Crippen molar-refractivity contribution in [3.63, 3.8) is 0 Å². The molecule has 0 bridgehead atoms. The van der Waals surface area contributed by atoms with Crippen molar-refractivity contribution >= 4 is 105 Å². The maximum absolute atomic E-state index is 12.2. The number of hydrogen-bond donors (Lipinski definition) is 0. The molecule has 1 aliphatic rings. The number of thioether (sulfide) groups is 1. The zero-order valence-electron chi connectivity index (χ0n) is 22.7. The number of aryl methyl sites for hydroxylation is 1. The van der Waals surface area contributed by atoms with Gasteiger partial charge >= 0.3 is 5.97 Å². The van der Waals surface area contributed by atoms with E-state index in [1.807, 2.05) is 24.0 Å². The number of carbonyl (C=O) groups is 1. The van der Waals surface area contributed by atoms with Crippen molar-refractivity contribution in [2.24, 2.45) is 0 Å². The van der Waals surface area contributed by atoms with E-state index in [0.717, 1.165) is 38.6 Å². The summed E-state index contributed by atoms with van der Waals surface area (Å²) in [6.45, 7) is 2.87. The molecule has 4 rings (SSSR count). The molecule has 42 heavy (non-hydrogen) atoms. The summed E-state index contributed by atoms with van der Waals surface area (Å²) in [6, 6.07) is 7.32. The number of unbranched alkanes of at least 4 members (excludes halogenated alkanes) is 1. The number of hydrogen-bond acceptors (Lipinski definition) is 12. The van der Waals surface area contributed by atoms with Crippen LogP contribution in [0, 0.1) is 2.88 Å². The Morgan fingerprint density at radius 1 is 1.07 bits per heavy atom. The minimum Gasteiger partial charge on any atom is -0.748 e. The maximum Gasteiger partial charge on any atom is 0.337 e. The number of thiazole rings is 1. The first-order valence-corrected chi connectivity index (χ1v) is 19.5. The molecule has 0 amide bonds. The molecule has 0 saturated heterocycles. The van der Waals surface area contributed by atoms with Crippen molar-refractivity contribution in [3.8, 4) is 0 Å². The first-order valence-electron chi connectivity index (χ1n) is 12.9. The standard InChI is InChI=1S/C26H29IN2O8S5/c1-3-17(14-24-29(9-4-5-11-41(31,32)33)25-21(39-24)16-22(27)40-25)13-23-28(10-6-12-42(34,35)36)19-15-18(26(30)37-2)7-8-20(19)38-23/h7-8,13-16H,3-6,9-12H2,1-2H3,(H-,31,32,33,34,35,36)/p-1. The summed E-state index contributed by atoms with van der Waals surface area (Å²) in [5.41, 5.74) is 2.10. The Labute approximate surface area is 271 Å². The lowest BCUT2D eigenvalue weighted by molar-refractivity contribution is -0.667. The lowest BCUT2D eigenvalue weighted by Crippen LogP contribution is -2.34. The largest absolute Gasteiger partial charge is 0.748 e. The average Bonchev–Trinajstić information content (AvgIpc) is 3.54. The highest BCUT2D eigenvalue weighted by molar-refractivity contribution is 14.1. The number of carbonyl (C=O) groups excluding carboxylic acids is 1. The molecule has 1 aromatic carbocycles. The molecule has 228 valence electrons. The van der Waals surface area contributed by atoms with Gasteiger partial charge in [0.05, 0.1) is 46.5 Å². The number of esters is 1. The fourth-order valence-electron chi connectivity index (χ4n) is 4.38. The zero-order valence-corrected chi connectivity index (χ0v) is 28.9. The Kier molecular flexibility index (Phi) is 11.2. The third kappa shape index (κ3) is 8.77. The lowest BCUT2D eigenvalue weighted by atomic mass is 10.1. The Morgan fingerprint density at radius 2 is 1.79 bits per heavy atom.